The van der Waals surface area contributed by atoms with Gasteiger partial charge in [-0.15, -0.1) is 10.2 Å². The minimum absolute atomic E-state index is 0.0670. The highest BCUT2D eigenvalue weighted by atomic mass is 19.4. The van der Waals surface area contributed by atoms with Crippen molar-refractivity contribution in [1.29, 1.82) is 0 Å². The van der Waals surface area contributed by atoms with E-state index in [2.05, 4.69) is 25.8 Å². The lowest BCUT2D eigenvalue weighted by Gasteiger charge is -2.32. The number of aryl methyl sites for hydroxylation is 1. The number of halogens is 3. The Kier molecular flexibility index (Phi) is 7.24. The highest BCUT2D eigenvalue weighted by molar-refractivity contribution is 5.80. The van der Waals surface area contributed by atoms with E-state index in [0.717, 1.165) is 5.82 Å². The first-order valence-corrected chi connectivity index (χ1v) is 8.76. The third-order valence-corrected chi connectivity index (χ3v) is 4.64. The van der Waals surface area contributed by atoms with E-state index in [1.165, 1.54) is 0 Å². The third kappa shape index (κ3) is 5.86. The van der Waals surface area contributed by atoms with Crippen LogP contribution in [0.15, 0.2) is 4.99 Å². The number of aromatic nitrogens is 3. The number of aliphatic imine (C=N–C) groups is 1. The van der Waals surface area contributed by atoms with Gasteiger partial charge in [0.1, 0.15) is 12.4 Å². The lowest BCUT2D eigenvalue weighted by Crippen LogP contribution is -2.47. The second kappa shape index (κ2) is 9.20. The second-order valence-electron chi connectivity index (χ2n) is 6.55. The molecule has 2 atom stereocenters. The Morgan fingerprint density at radius 2 is 2.12 bits per heavy atom. The number of rotatable bonds is 6. The van der Waals surface area contributed by atoms with E-state index < -0.39 is 12.1 Å². The molecule has 148 valence electrons. The molecule has 0 spiro atoms. The zero-order chi connectivity index (χ0) is 19.2. The van der Waals surface area contributed by atoms with E-state index in [0.29, 0.717) is 37.8 Å². The fourth-order valence-electron chi connectivity index (χ4n) is 2.97. The smallest absolute Gasteiger partial charge is 0.383 e. The molecule has 1 aromatic rings. The molecule has 0 radical (unpaired) electrons. The molecule has 1 aliphatic carbocycles. The van der Waals surface area contributed by atoms with Crippen molar-refractivity contribution in [3.63, 3.8) is 0 Å². The lowest BCUT2D eigenvalue weighted by atomic mass is 9.85. The molecule has 26 heavy (non-hydrogen) atoms. The van der Waals surface area contributed by atoms with Gasteiger partial charge in [0.05, 0.1) is 12.5 Å². The fraction of sp³-hybridized carbons (Fsp3) is 0.812. The molecule has 0 bridgehead atoms. The predicted molar refractivity (Wildman–Crippen MR) is 91.7 cm³/mol. The van der Waals surface area contributed by atoms with Crippen LogP contribution < -0.4 is 10.6 Å². The van der Waals surface area contributed by atoms with Crippen LogP contribution in [0, 0.1) is 12.8 Å². The van der Waals surface area contributed by atoms with E-state index in [1.54, 1.807) is 7.11 Å². The molecule has 2 unspecified atom stereocenters. The standard InChI is InChI=1S/C16H27F3N6O/c1-11-23-24-14(25(11)2)10-21-15(20-7-8-26-3)22-13-6-4-5-12(9-13)16(17,18)19/h12-13H,4-10H2,1-3H3,(H2,20,21,22). The Balaban J connectivity index is 2.01. The highest BCUT2D eigenvalue weighted by Crippen LogP contribution is 2.37. The monoisotopic (exact) mass is 376 g/mol. The van der Waals surface area contributed by atoms with E-state index in [9.17, 15) is 13.2 Å². The van der Waals surface area contributed by atoms with E-state index >= 15 is 0 Å². The van der Waals surface area contributed by atoms with Gasteiger partial charge in [-0.3, -0.25) is 0 Å². The number of nitrogens with zero attached hydrogens (tertiary/aromatic N) is 4. The summed E-state index contributed by atoms with van der Waals surface area (Å²) in [5.74, 6) is 0.676. The van der Waals surface area contributed by atoms with E-state index in [-0.39, 0.29) is 25.4 Å². The molecule has 1 heterocycles. The number of methoxy groups -OCH3 is 1. The molecule has 1 fully saturated rings. The number of ether oxygens (including phenoxy) is 1. The average molecular weight is 376 g/mol. The summed E-state index contributed by atoms with van der Waals surface area (Å²) in [7, 11) is 3.43. The number of nitrogens with one attached hydrogen (secondary N) is 2. The van der Waals surface area contributed by atoms with Crippen molar-refractivity contribution >= 4 is 5.96 Å². The van der Waals surface area contributed by atoms with Gasteiger partial charge in [0.25, 0.3) is 0 Å². The zero-order valence-corrected chi connectivity index (χ0v) is 15.4. The van der Waals surface area contributed by atoms with Crippen LogP contribution in [0.4, 0.5) is 13.2 Å². The Labute approximate surface area is 151 Å². The van der Waals surface area contributed by atoms with E-state index in [1.807, 2.05) is 18.5 Å². The molecule has 0 aliphatic heterocycles. The summed E-state index contributed by atoms with van der Waals surface area (Å²) < 4.78 is 45.9. The average Bonchev–Trinajstić information content (AvgIpc) is 2.91. The Morgan fingerprint density at radius 1 is 1.35 bits per heavy atom. The van der Waals surface area contributed by atoms with Crippen LogP contribution in [-0.2, 0) is 18.3 Å². The normalized spacial score (nSPS) is 21.7. The van der Waals surface area contributed by atoms with Crippen molar-refractivity contribution in [2.75, 3.05) is 20.3 Å². The maximum Gasteiger partial charge on any atom is 0.391 e. The highest BCUT2D eigenvalue weighted by Gasteiger charge is 2.42. The molecule has 1 aromatic heterocycles. The molecule has 0 amide bonds. The van der Waals surface area contributed by atoms with Crippen LogP contribution in [0.25, 0.3) is 0 Å². The van der Waals surface area contributed by atoms with Gasteiger partial charge < -0.3 is 19.9 Å². The first-order chi connectivity index (χ1) is 12.3. The number of alkyl halides is 3. The predicted octanol–water partition coefficient (Wildman–Crippen LogP) is 1.93. The topological polar surface area (TPSA) is 76.4 Å². The molecule has 10 heteroatoms. The number of guanidine groups is 1. The van der Waals surface area contributed by atoms with Crippen LogP contribution in [0.3, 0.4) is 0 Å². The molecule has 0 aromatic carbocycles. The van der Waals surface area contributed by atoms with Crippen LogP contribution >= 0.6 is 0 Å². The molecule has 0 saturated heterocycles. The van der Waals surface area contributed by atoms with Crippen molar-refractivity contribution < 1.29 is 17.9 Å². The van der Waals surface area contributed by atoms with E-state index in [4.69, 9.17) is 4.74 Å². The first-order valence-electron chi connectivity index (χ1n) is 8.76. The Morgan fingerprint density at radius 3 is 2.73 bits per heavy atom. The summed E-state index contributed by atoms with van der Waals surface area (Å²) in [6, 6.07) is -0.259. The lowest BCUT2D eigenvalue weighted by molar-refractivity contribution is -0.183. The minimum atomic E-state index is -4.14. The van der Waals surface area contributed by atoms with Gasteiger partial charge >= 0.3 is 6.18 Å². The van der Waals surface area contributed by atoms with Gasteiger partial charge in [0.15, 0.2) is 11.8 Å². The molecule has 2 rings (SSSR count). The number of hydrogen-bond acceptors (Lipinski definition) is 4. The third-order valence-electron chi connectivity index (χ3n) is 4.64. The van der Waals surface area contributed by atoms with Gasteiger partial charge in [-0.05, 0) is 26.2 Å². The summed E-state index contributed by atoms with van der Waals surface area (Å²) >= 11 is 0. The quantitative estimate of drug-likeness (QED) is 0.451. The minimum Gasteiger partial charge on any atom is -0.383 e. The summed E-state index contributed by atoms with van der Waals surface area (Å²) in [6.07, 6.45) is -2.63. The Bertz CT molecular complexity index is 601. The zero-order valence-electron chi connectivity index (χ0n) is 15.4. The van der Waals surface area contributed by atoms with Gasteiger partial charge in [-0.1, -0.05) is 6.42 Å². The summed E-state index contributed by atoms with van der Waals surface area (Å²) in [4.78, 5) is 4.46. The second-order valence-corrected chi connectivity index (χ2v) is 6.55. The maximum atomic E-state index is 13.0. The SMILES string of the molecule is COCCNC(=NCc1nnc(C)n1C)NC1CCCC(C(F)(F)F)C1. The first kappa shape index (κ1) is 20.5. The van der Waals surface area contributed by atoms with Crippen LogP contribution in [0.2, 0.25) is 0 Å². The van der Waals surface area contributed by atoms with Crippen molar-refractivity contribution in [2.24, 2.45) is 18.0 Å². The maximum absolute atomic E-state index is 13.0. The van der Waals surface area contributed by atoms with Crippen molar-refractivity contribution in [2.45, 2.75) is 51.4 Å². The molecule has 7 nitrogen and oxygen atoms in total. The van der Waals surface area contributed by atoms with Gasteiger partial charge in [0, 0.05) is 26.7 Å². The van der Waals surface area contributed by atoms with Gasteiger partial charge in [-0.2, -0.15) is 13.2 Å². The van der Waals surface area contributed by atoms with Crippen molar-refractivity contribution in [3.05, 3.63) is 11.6 Å². The number of hydrogen-bond donors (Lipinski definition) is 2. The van der Waals surface area contributed by atoms with Crippen molar-refractivity contribution in [3.8, 4) is 0 Å². The largest absolute Gasteiger partial charge is 0.391 e. The van der Waals surface area contributed by atoms with Crippen LogP contribution in [0.5, 0.6) is 0 Å². The molecule has 2 N–H and O–H groups in total. The Hall–Kier alpha value is -1.84. The van der Waals surface area contributed by atoms with Crippen LogP contribution in [-0.4, -0.2) is 53.2 Å². The molecule has 1 saturated carbocycles. The molecular formula is C16H27F3N6O. The summed E-state index contributed by atoms with van der Waals surface area (Å²) in [6.45, 7) is 3.11. The summed E-state index contributed by atoms with van der Waals surface area (Å²) in [5.41, 5.74) is 0. The molecular weight excluding hydrogens is 349 g/mol. The van der Waals surface area contributed by atoms with Crippen molar-refractivity contribution in [1.82, 2.24) is 25.4 Å². The molecule has 1 aliphatic rings. The fourth-order valence-corrected chi connectivity index (χ4v) is 2.97. The van der Waals surface area contributed by atoms with Gasteiger partial charge in [-0.25, -0.2) is 4.99 Å². The van der Waals surface area contributed by atoms with Crippen LogP contribution in [0.1, 0.15) is 37.3 Å². The van der Waals surface area contributed by atoms with Gasteiger partial charge in [0.2, 0.25) is 0 Å². The summed E-state index contributed by atoms with van der Waals surface area (Å²) in [5, 5.41) is 14.3.